The third-order valence-electron chi connectivity index (χ3n) is 3.59. The Labute approximate surface area is 159 Å². The van der Waals surface area contributed by atoms with Crippen molar-refractivity contribution in [3.05, 3.63) is 41.9 Å². The van der Waals surface area contributed by atoms with Gasteiger partial charge in [0.05, 0.1) is 0 Å². The molecule has 0 aliphatic carbocycles. The number of aryl methyl sites for hydroxylation is 1. The van der Waals surface area contributed by atoms with Gasteiger partial charge in [-0.3, -0.25) is 9.59 Å². The predicted molar refractivity (Wildman–Crippen MR) is 106 cm³/mol. The van der Waals surface area contributed by atoms with Gasteiger partial charge < -0.3 is 20.9 Å². The third-order valence-corrected chi connectivity index (χ3v) is 3.59. The smallest absolute Gasteiger partial charge is 0.270 e. The zero-order valence-electron chi connectivity index (χ0n) is 16.2. The highest BCUT2D eigenvalue weighted by molar-refractivity contribution is 5.93. The van der Waals surface area contributed by atoms with Crippen LogP contribution in [0.15, 0.2) is 30.3 Å². The van der Waals surface area contributed by atoms with Crippen molar-refractivity contribution in [1.82, 2.24) is 20.2 Å². The highest BCUT2D eigenvalue weighted by Crippen LogP contribution is 2.19. The molecule has 0 fully saturated rings. The summed E-state index contributed by atoms with van der Waals surface area (Å²) in [6.07, 6.45) is 0.865. The van der Waals surface area contributed by atoms with Crippen LogP contribution in [-0.4, -0.2) is 53.9 Å². The molecule has 1 heterocycles. The van der Waals surface area contributed by atoms with E-state index in [4.69, 9.17) is 0 Å². The largest absolute Gasteiger partial charge is 0.351 e. The summed E-state index contributed by atoms with van der Waals surface area (Å²) in [5.41, 5.74) is 1.74. The molecule has 3 N–H and O–H groups in total. The second-order valence-corrected chi connectivity index (χ2v) is 6.49. The summed E-state index contributed by atoms with van der Waals surface area (Å²) < 4.78 is 0. The first-order chi connectivity index (χ1) is 12.8. The molecule has 0 atom stereocenters. The summed E-state index contributed by atoms with van der Waals surface area (Å²) in [6.45, 7) is 4.68. The molecule has 0 saturated heterocycles. The van der Waals surface area contributed by atoms with E-state index in [1.165, 1.54) is 6.92 Å². The Bertz CT molecular complexity index is 807. The number of amides is 2. The molecule has 0 aliphatic rings. The second kappa shape index (κ2) is 9.63. The monoisotopic (exact) mass is 370 g/mol. The highest BCUT2D eigenvalue weighted by Gasteiger charge is 2.10. The lowest BCUT2D eigenvalue weighted by Gasteiger charge is -2.11. The molecule has 0 saturated carbocycles. The summed E-state index contributed by atoms with van der Waals surface area (Å²) in [5, 5.41) is 8.75. The van der Waals surface area contributed by atoms with Crippen LogP contribution in [0.25, 0.3) is 0 Å². The summed E-state index contributed by atoms with van der Waals surface area (Å²) in [7, 11) is 3.99. The Morgan fingerprint density at radius 2 is 1.85 bits per heavy atom. The molecule has 8 nitrogen and oxygen atoms in total. The fourth-order valence-corrected chi connectivity index (χ4v) is 2.46. The molecule has 2 amide bonds. The number of carbonyl (C=O) groups excluding carboxylic acids is 2. The zero-order valence-corrected chi connectivity index (χ0v) is 16.2. The highest BCUT2D eigenvalue weighted by atomic mass is 16.2. The van der Waals surface area contributed by atoms with Crippen LogP contribution in [-0.2, 0) is 4.79 Å². The van der Waals surface area contributed by atoms with Crippen molar-refractivity contribution < 1.29 is 9.59 Å². The number of hydrogen-bond donors (Lipinski definition) is 3. The number of hydrogen-bond acceptors (Lipinski definition) is 6. The van der Waals surface area contributed by atoms with Crippen LogP contribution in [0.1, 0.15) is 29.7 Å². The molecule has 0 unspecified atom stereocenters. The minimum Gasteiger partial charge on any atom is -0.351 e. The van der Waals surface area contributed by atoms with E-state index in [0.717, 1.165) is 18.7 Å². The predicted octanol–water partition coefficient (Wildman–Crippen LogP) is 2.17. The van der Waals surface area contributed by atoms with Crippen molar-refractivity contribution in [3.63, 3.8) is 0 Å². The van der Waals surface area contributed by atoms with Crippen LogP contribution in [0.3, 0.4) is 0 Å². The Balaban J connectivity index is 2.06. The van der Waals surface area contributed by atoms with E-state index in [1.807, 2.05) is 26.2 Å². The quantitative estimate of drug-likeness (QED) is 0.616. The minimum atomic E-state index is -0.227. The lowest BCUT2D eigenvalue weighted by Crippen LogP contribution is -2.28. The Morgan fingerprint density at radius 3 is 2.56 bits per heavy atom. The number of aromatic nitrogens is 2. The van der Waals surface area contributed by atoms with Gasteiger partial charge in [0.25, 0.3) is 5.91 Å². The SMILES string of the molecule is CC(=O)Nc1cccc(Nc2cc(C(=O)NCCCN(C)C)nc(C)n2)c1. The molecular formula is C19H26N6O2. The van der Waals surface area contributed by atoms with E-state index in [-0.39, 0.29) is 11.8 Å². The van der Waals surface area contributed by atoms with Gasteiger partial charge in [-0.1, -0.05) is 6.07 Å². The van der Waals surface area contributed by atoms with Crippen LogP contribution >= 0.6 is 0 Å². The molecule has 1 aromatic carbocycles. The molecule has 0 radical (unpaired) electrons. The van der Waals surface area contributed by atoms with E-state index >= 15 is 0 Å². The van der Waals surface area contributed by atoms with Crippen LogP contribution in [0.4, 0.5) is 17.2 Å². The van der Waals surface area contributed by atoms with E-state index in [0.29, 0.717) is 29.6 Å². The Morgan fingerprint density at radius 1 is 1.11 bits per heavy atom. The molecule has 0 bridgehead atoms. The maximum Gasteiger partial charge on any atom is 0.270 e. The van der Waals surface area contributed by atoms with Gasteiger partial charge in [0.15, 0.2) is 0 Å². The molecule has 144 valence electrons. The van der Waals surface area contributed by atoms with E-state index in [9.17, 15) is 9.59 Å². The molecule has 0 aliphatic heterocycles. The summed E-state index contributed by atoms with van der Waals surface area (Å²) >= 11 is 0. The maximum absolute atomic E-state index is 12.3. The average molecular weight is 370 g/mol. The van der Waals surface area contributed by atoms with Crippen molar-refractivity contribution in [2.45, 2.75) is 20.3 Å². The normalized spacial score (nSPS) is 10.6. The van der Waals surface area contributed by atoms with Gasteiger partial charge in [0.1, 0.15) is 17.3 Å². The Hall–Kier alpha value is -3.00. The van der Waals surface area contributed by atoms with Gasteiger partial charge in [-0.05, 0) is 52.2 Å². The molecule has 1 aromatic heterocycles. The van der Waals surface area contributed by atoms with Gasteiger partial charge in [0, 0.05) is 30.9 Å². The molecule has 2 aromatic rings. The van der Waals surface area contributed by atoms with E-state index in [1.54, 1.807) is 25.1 Å². The lowest BCUT2D eigenvalue weighted by atomic mass is 10.2. The van der Waals surface area contributed by atoms with Crippen molar-refractivity contribution >= 4 is 29.0 Å². The van der Waals surface area contributed by atoms with Crippen molar-refractivity contribution in [3.8, 4) is 0 Å². The molecule has 27 heavy (non-hydrogen) atoms. The van der Waals surface area contributed by atoms with Crippen LogP contribution in [0.2, 0.25) is 0 Å². The molecule has 8 heteroatoms. The van der Waals surface area contributed by atoms with Gasteiger partial charge >= 0.3 is 0 Å². The maximum atomic E-state index is 12.3. The zero-order chi connectivity index (χ0) is 19.8. The summed E-state index contributed by atoms with van der Waals surface area (Å²) in [6, 6.07) is 8.87. The first-order valence-electron chi connectivity index (χ1n) is 8.77. The van der Waals surface area contributed by atoms with Gasteiger partial charge in [-0.25, -0.2) is 9.97 Å². The minimum absolute atomic E-state index is 0.141. The number of carbonyl (C=O) groups is 2. The first-order valence-corrected chi connectivity index (χ1v) is 8.77. The topological polar surface area (TPSA) is 99.2 Å². The average Bonchev–Trinajstić information content (AvgIpc) is 2.57. The standard InChI is InChI=1S/C19H26N6O2/c1-13-21-17(19(27)20-9-6-10-25(3)4)12-18(22-13)24-16-8-5-7-15(11-16)23-14(2)26/h5,7-8,11-12H,6,9-10H2,1-4H3,(H,20,27)(H,23,26)(H,21,22,24). The fourth-order valence-electron chi connectivity index (χ4n) is 2.46. The van der Waals surface area contributed by atoms with Gasteiger partial charge in [-0.15, -0.1) is 0 Å². The molecular weight excluding hydrogens is 344 g/mol. The van der Waals surface area contributed by atoms with Crippen molar-refractivity contribution in [2.75, 3.05) is 37.8 Å². The Kier molecular flexibility index (Phi) is 7.25. The van der Waals surface area contributed by atoms with Crippen molar-refractivity contribution in [2.24, 2.45) is 0 Å². The molecule has 0 spiro atoms. The number of nitrogens with zero attached hydrogens (tertiary/aromatic N) is 3. The van der Waals surface area contributed by atoms with E-state index in [2.05, 4.69) is 30.8 Å². The van der Waals surface area contributed by atoms with Gasteiger partial charge in [0.2, 0.25) is 5.91 Å². The third kappa shape index (κ3) is 7.02. The second-order valence-electron chi connectivity index (χ2n) is 6.49. The number of rotatable bonds is 8. The number of nitrogens with one attached hydrogen (secondary N) is 3. The number of benzene rings is 1. The van der Waals surface area contributed by atoms with Crippen LogP contribution in [0, 0.1) is 6.92 Å². The van der Waals surface area contributed by atoms with Gasteiger partial charge in [-0.2, -0.15) is 0 Å². The first kappa shape index (κ1) is 20.3. The molecule has 2 rings (SSSR count). The fraction of sp³-hybridized carbons (Fsp3) is 0.368. The summed E-state index contributed by atoms with van der Waals surface area (Å²) in [5.74, 6) is 0.643. The van der Waals surface area contributed by atoms with Crippen molar-refractivity contribution in [1.29, 1.82) is 0 Å². The van der Waals surface area contributed by atoms with E-state index < -0.39 is 0 Å². The lowest BCUT2D eigenvalue weighted by molar-refractivity contribution is -0.114. The number of anilines is 3. The summed E-state index contributed by atoms with van der Waals surface area (Å²) in [4.78, 5) is 34.1. The van der Waals surface area contributed by atoms with Crippen LogP contribution in [0.5, 0.6) is 0 Å². The van der Waals surface area contributed by atoms with Crippen LogP contribution < -0.4 is 16.0 Å².